The first-order valence-corrected chi connectivity index (χ1v) is 6.53. The number of aliphatic imine (C=N–C) groups is 1. The highest BCUT2D eigenvalue weighted by atomic mass is 15.4. The lowest BCUT2D eigenvalue weighted by Crippen LogP contribution is -2.62. The van der Waals surface area contributed by atoms with Crippen molar-refractivity contribution in [3.63, 3.8) is 0 Å². The highest BCUT2D eigenvalue weighted by molar-refractivity contribution is 5.81. The van der Waals surface area contributed by atoms with Gasteiger partial charge in [-0.2, -0.15) is 0 Å². The smallest absolute Gasteiger partial charge is 0.191 e. The molecule has 0 aromatic carbocycles. The van der Waals surface area contributed by atoms with E-state index in [1.807, 2.05) is 0 Å². The van der Waals surface area contributed by atoms with Gasteiger partial charge in [0.05, 0.1) is 12.1 Å². The minimum atomic E-state index is 0.222. The fourth-order valence-electron chi connectivity index (χ4n) is 3.24. The molecule has 2 atom stereocenters. The van der Waals surface area contributed by atoms with Crippen LogP contribution in [0.5, 0.6) is 0 Å². The summed E-state index contributed by atoms with van der Waals surface area (Å²) in [5, 5.41) is 3.50. The number of hydrogen-bond donors (Lipinski definition) is 2. The molecule has 0 aromatic heterocycles. The Labute approximate surface area is 98.3 Å². The minimum absolute atomic E-state index is 0.222. The summed E-state index contributed by atoms with van der Waals surface area (Å²) in [4.78, 5) is 6.88. The molecule has 2 rings (SSSR count). The Bertz CT molecular complexity index is 276. The Morgan fingerprint density at radius 2 is 2.38 bits per heavy atom. The number of nitrogens with zero attached hydrogens (tertiary/aromatic N) is 2. The molecule has 3 N–H and O–H groups in total. The van der Waals surface area contributed by atoms with Gasteiger partial charge in [-0.05, 0) is 31.7 Å². The molecule has 0 aromatic rings. The van der Waals surface area contributed by atoms with Gasteiger partial charge < -0.3 is 16.0 Å². The van der Waals surface area contributed by atoms with Gasteiger partial charge in [-0.25, -0.2) is 0 Å². The number of nitrogens with two attached hydrogens (primary N) is 1. The van der Waals surface area contributed by atoms with Crippen LogP contribution >= 0.6 is 0 Å². The van der Waals surface area contributed by atoms with Gasteiger partial charge in [-0.15, -0.1) is 0 Å². The van der Waals surface area contributed by atoms with Crippen molar-refractivity contribution in [3.8, 4) is 0 Å². The van der Waals surface area contributed by atoms with E-state index < -0.39 is 0 Å². The molecule has 4 heteroatoms. The Hall–Kier alpha value is -0.770. The average Bonchev–Trinajstić information content (AvgIpc) is 2.60. The molecule has 1 saturated heterocycles. The van der Waals surface area contributed by atoms with Crippen molar-refractivity contribution < 1.29 is 0 Å². The van der Waals surface area contributed by atoms with Crippen molar-refractivity contribution in [1.82, 2.24) is 10.2 Å². The zero-order valence-electron chi connectivity index (χ0n) is 10.5. The van der Waals surface area contributed by atoms with Gasteiger partial charge in [0, 0.05) is 13.1 Å². The maximum absolute atomic E-state index is 6.04. The molecule has 0 aliphatic carbocycles. The topological polar surface area (TPSA) is 53.6 Å². The standard InChI is InChI=1S/C12H24N4/c1-3-7-16-11(13)15-9-12(16)5-6-14-8-10(12)4-2/h10,14H,3-9H2,1-2H3,(H2,13,15). The van der Waals surface area contributed by atoms with E-state index in [0.717, 1.165) is 38.6 Å². The highest BCUT2D eigenvalue weighted by Crippen LogP contribution is 2.36. The number of hydrogen-bond acceptors (Lipinski definition) is 4. The van der Waals surface area contributed by atoms with Crippen LogP contribution in [0.4, 0.5) is 0 Å². The summed E-state index contributed by atoms with van der Waals surface area (Å²) in [5.41, 5.74) is 6.27. The van der Waals surface area contributed by atoms with Gasteiger partial charge in [0.1, 0.15) is 0 Å². The van der Waals surface area contributed by atoms with Crippen LogP contribution in [-0.4, -0.2) is 42.6 Å². The largest absolute Gasteiger partial charge is 0.370 e. The van der Waals surface area contributed by atoms with Crippen LogP contribution in [0.2, 0.25) is 0 Å². The molecule has 0 amide bonds. The second kappa shape index (κ2) is 4.62. The van der Waals surface area contributed by atoms with Gasteiger partial charge in [0.25, 0.3) is 0 Å². The summed E-state index contributed by atoms with van der Waals surface area (Å²) in [6.07, 6.45) is 3.52. The molecule has 0 bridgehead atoms. The molecule has 2 unspecified atom stereocenters. The molecule has 16 heavy (non-hydrogen) atoms. The molecular formula is C12H24N4. The Balaban J connectivity index is 2.21. The molecule has 2 heterocycles. The number of piperidine rings is 1. The van der Waals surface area contributed by atoms with Gasteiger partial charge in [-0.1, -0.05) is 13.8 Å². The van der Waals surface area contributed by atoms with E-state index in [-0.39, 0.29) is 5.54 Å². The molecule has 0 saturated carbocycles. The second-order valence-corrected chi connectivity index (χ2v) is 4.99. The lowest BCUT2D eigenvalue weighted by atomic mass is 9.76. The van der Waals surface area contributed by atoms with Crippen LogP contribution in [-0.2, 0) is 0 Å². The fraction of sp³-hybridized carbons (Fsp3) is 0.917. The predicted octanol–water partition coefficient (Wildman–Crippen LogP) is 0.785. The van der Waals surface area contributed by atoms with Crippen LogP contribution in [0.3, 0.4) is 0 Å². The maximum Gasteiger partial charge on any atom is 0.191 e. The molecule has 0 radical (unpaired) electrons. The SMILES string of the molecule is CCCN1C(N)=NCC12CCNCC2CC. The first kappa shape index (κ1) is 11.7. The normalized spacial score (nSPS) is 34.5. The van der Waals surface area contributed by atoms with E-state index in [2.05, 4.69) is 29.1 Å². The van der Waals surface area contributed by atoms with Crippen molar-refractivity contribution in [1.29, 1.82) is 0 Å². The zero-order chi connectivity index (χ0) is 11.6. The number of nitrogens with one attached hydrogen (secondary N) is 1. The molecule has 92 valence electrons. The summed E-state index contributed by atoms with van der Waals surface area (Å²) in [7, 11) is 0. The van der Waals surface area contributed by atoms with E-state index >= 15 is 0 Å². The fourth-order valence-corrected chi connectivity index (χ4v) is 3.24. The average molecular weight is 224 g/mol. The monoisotopic (exact) mass is 224 g/mol. The molecule has 1 spiro atoms. The Kier molecular flexibility index (Phi) is 3.38. The lowest BCUT2D eigenvalue weighted by molar-refractivity contribution is 0.0804. The van der Waals surface area contributed by atoms with Crippen molar-refractivity contribution in [2.75, 3.05) is 26.2 Å². The third-order valence-corrected chi connectivity index (χ3v) is 4.15. The predicted molar refractivity (Wildman–Crippen MR) is 67.5 cm³/mol. The summed E-state index contributed by atoms with van der Waals surface area (Å²) >= 11 is 0. The first-order valence-electron chi connectivity index (χ1n) is 6.53. The van der Waals surface area contributed by atoms with E-state index in [4.69, 9.17) is 5.73 Å². The van der Waals surface area contributed by atoms with E-state index in [1.54, 1.807) is 0 Å². The maximum atomic E-state index is 6.04. The van der Waals surface area contributed by atoms with Gasteiger partial charge in [0.15, 0.2) is 5.96 Å². The molecule has 1 fully saturated rings. The molecular weight excluding hydrogens is 200 g/mol. The molecule has 4 nitrogen and oxygen atoms in total. The van der Waals surface area contributed by atoms with E-state index in [1.165, 1.54) is 12.8 Å². The summed E-state index contributed by atoms with van der Waals surface area (Å²) in [6, 6.07) is 0. The van der Waals surface area contributed by atoms with Gasteiger partial charge >= 0.3 is 0 Å². The quantitative estimate of drug-likeness (QED) is 0.745. The van der Waals surface area contributed by atoms with Gasteiger partial charge in [-0.3, -0.25) is 4.99 Å². The number of rotatable bonds is 3. The third-order valence-electron chi connectivity index (χ3n) is 4.15. The van der Waals surface area contributed by atoms with Crippen molar-refractivity contribution in [2.45, 2.75) is 38.6 Å². The van der Waals surface area contributed by atoms with Crippen molar-refractivity contribution in [2.24, 2.45) is 16.6 Å². The second-order valence-electron chi connectivity index (χ2n) is 4.99. The first-order chi connectivity index (χ1) is 7.74. The van der Waals surface area contributed by atoms with Crippen LogP contribution in [0.1, 0.15) is 33.1 Å². The minimum Gasteiger partial charge on any atom is -0.370 e. The van der Waals surface area contributed by atoms with Crippen LogP contribution in [0.15, 0.2) is 4.99 Å². The van der Waals surface area contributed by atoms with Crippen LogP contribution in [0, 0.1) is 5.92 Å². The summed E-state index contributed by atoms with van der Waals surface area (Å²) < 4.78 is 0. The number of guanidine groups is 1. The zero-order valence-corrected chi connectivity index (χ0v) is 10.5. The van der Waals surface area contributed by atoms with Crippen LogP contribution in [0.25, 0.3) is 0 Å². The summed E-state index contributed by atoms with van der Waals surface area (Å²) in [6.45, 7) is 8.64. The molecule has 2 aliphatic heterocycles. The molecule has 2 aliphatic rings. The highest BCUT2D eigenvalue weighted by Gasteiger charge is 2.48. The Morgan fingerprint density at radius 3 is 3.06 bits per heavy atom. The van der Waals surface area contributed by atoms with Crippen LogP contribution < -0.4 is 11.1 Å². The van der Waals surface area contributed by atoms with Crippen molar-refractivity contribution >= 4 is 5.96 Å². The lowest BCUT2D eigenvalue weighted by Gasteiger charge is -2.47. The Morgan fingerprint density at radius 1 is 1.56 bits per heavy atom. The van der Waals surface area contributed by atoms with E-state index in [9.17, 15) is 0 Å². The van der Waals surface area contributed by atoms with E-state index in [0.29, 0.717) is 5.92 Å². The third kappa shape index (κ3) is 1.69. The summed E-state index contributed by atoms with van der Waals surface area (Å²) in [5.74, 6) is 1.44. The van der Waals surface area contributed by atoms with Crippen molar-refractivity contribution in [3.05, 3.63) is 0 Å². The van der Waals surface area contributed by atoms with Gasteiger partial charge in [0.2, 0.25) is 0 Å².